The first kappa shape index (κ1) is 18.7. The lowest BCUT2D eigenvalue weighted by Gasteiger charge is -2.45. The fraction of sp³-hybridized carbons (Fsp3) is 0.438. The summed E-state index contributed by atoms with van der Waals surface area (Å²) in [5, 5.41) is 1.93. The average molecular weight is 397 g/mol. The van der Waals surface area contributed by atoms with Crippen LogP contribution in [0.4, 0.5) is 36.8 Å². The number of fused-ring (bicyclic) bond motifs is 1. The highest BCUT2D eigenvalue weighted by atomic mass is 35.5. The van der Waals surface area contributed by atoms with E-state index in [1.165, 1.54) is 6.07 Å². The van der Waals surface area contributed by atoms with E-state index in [0.29, 0.717) is 12.8 Å². The van der Waals surface area contributed by atoms with Gasteiger partial charge in [-0.2, -0.15) is 26.3 Å². The topological polar surface area (TPSA) is 32.3 Å². The molecule has 1 saturated carbocycles. The third kappa shape index (κ3) is 3.30. The highest BCUT2D eigenvalue weighted by molar-refractivity contribution is 6.30. The minimum atomic E-state index is -5.28. The molecule has 1 unspecified atom stereocenters. The summed E-state index contributed by atoms with van der Waals surface area (Å²) in [5.41, 5.74) is -4.34. The molecule has 1 aliphatic carbocycles. The van der Waals surface area contributed by atoms with Gasteiger partial charge in [-0.3, -0.25) is 4.90 Å². The number of carbonyl (C=O) groups excluding carboxylic acids is 1. The van der Waals surface area contributed by atoms with Gasteiger partial charge in [-0.1, -0.05) is 23.4 Å². The molecule has 2 aliphatic rings. The van der Waals surface area contributed by atoms with Gasteiger partial charge in [0.25, 0.3) is 0 Å². The van der Waals surface area contributed by atoms with Crippen molar-refractivity contribution in [3.05, 3.63) is 28.8 Å². The number of hydrogen-bond acceptors (Lipinski definition) is 1. The van der Waals surface area contributed by atoms with E-state index in [2.05, 4.69) is 11.2 Å². The second kappa shape index (κ2) is 5.98. The van der Waals surface area contributed by atoms with Crippen molar-refractivity contribution < 1.29 is 31.1 Å². The minimum Gasteiger partial charge on any atom is -0.307 e. The van der Waals surface area contributed by atoms with Gasteiger partial charge in [0.1, 0.15) is 6.54 Å². The Labute approximate surface area is 149 Å². The molecule has 1 fully saturated rings. The molecule has 1 aliphatic heterocycles. The van der Waals surface area contributed by atoms with Crippen molar-refractivity contribution >= 4 is 23.3 Å². The van der Waals surface area contributed by atoms with Gasteiger partial charge in [-0.25, -0.2) is 4.79 Å². The van der Waals surface area contributed by atoms with Gasteiger partial charge in [-0.15, -0.1) is 0 Å². The largest absolute Gasteiger partial charge is 0.427 e. The first-order valence-electron chi connectivity index (χ1n) is 7.49. The minimum absolute atomic E-state index is 0.117. The molecule has 1 aromatic rings. The molecule has 0 spiro atoms. The SMILES string of the molecule is O=C1Nc2ccc(Cl)cc2C(C#CC2CC2)(C(F)(F)F)N1CC(F)(F)F. The average Bonchev–Trinajstić information content (AvgIpc) is 3.29. The molecule has 1 heterocycles. The van der Waals surface area contributed by atoms with Crippen molar-refractivity contribution in [1.29, 1.82) is 0 Å². The summed E-state index contributed by atoms with van der Waals surface area (Å²) in [6.07, 6.45) is -9.20. The predicted octanol–water partition coefficient (Wildman–Crippen LogP) is 4.92. The van der Waals surface area contributed by atoms with Gasteiger partial charge < -0.3 is 5.32 Å². The highest BCUT2D eigenvalue weighted by Gasteiger charge is 2.65. The van der Waals surface area contributed by atoms with Crippen LogP contribution in [0.5, 0.6) is 0 Å². The molecule has 0 saturated heterocycles. The second-order valence-electron chi connectivity index (χ2n) is 6.07. The van der Waals surface area contributed by atoms with E-state index < -0.39 is 36.0 Å². The van der Waals surface area contributed by atoms with Crippen molar-refractivity contribution in [2.75, 3.05) is 11.9 Å². The van der Waals surface area contributed by atoms with E-state index in [4.69, 9.17) is 11.6 Å². The van der Waals surface area contributed by atoms with Crippen LogP contribution in [-0.2, 0) is 5.54 Å². The van der Waals surface area contributed by atoms with E-state index >= 15 is 0 Å². The predicted molar refractivity (Wildman–Crippen MR) is 81.5 cm³/mol. The third-order valence-electron chi connectivity index (χ3n) is 4.05. The van der Waals surface area contributed by atoms with Gasteiger partial charge in [0.05, 0.1) is 0 Å². The van der Waals surface area contributed by atoms with Crippen LogP contribution in [0.25, 0.3) is 0 Å². The Morgan fingerprint density at radius 3 is 2.42 bits per heavy atom. The van der Waals surface area contributed by atoms with Crippen molar-refractivity contribution in [2.45, 2.75) is 30.7 Å². The molecular weight excluding hydrogens is 386 g/mol. The molecule has 0 bridgehead atoms. The molecule has 10 heteroatoms. The van der Waals surface area contributed by atoms with Gasteiger partial charge in [0.15, 0.2) is 0 Å². The van der Waals surface area contributed by atoms with Gasteiger partial charge >= 0.3 is 18.4 Å². The summed E-state index contributed by atoms with van der Waals surface area (Å²) in [5.74, 6) is 4.00. The lowest BCUT2D eigenvalue weighted by atomic mass is 9.84. The summed E-state index contributed by atoms with van der Waals surface area (Å²) in [7, 11) is 0. The zero-order chi connectivity index (χ0) is 19.3. The zero-order valence-corrected chi connectivity index (χ0v) is 13.7. The smallest absolute Gasteiger partial charge is 0.307 e. The fourth-order valence-electron chi connectivity index (χ4n) is 2.72. The normalized spacial score (nSPS) is 23.0. The maximum absolute atomic E-state index is 14.1. The molecule has 1 N–H and O–H groups in total. The Kier molecular flexibility index (Phi) is 4.30. The quantitative estimate of drug-likeness (QED) is 0.530. The number of nitrogens with one attached hydrogen (secondary N) is 1. The summed E-state index contributed by atoms with van der Waals surface area (Å²) >= 11 is 5.78. The molecule has 140 valence electrons. The second-order valence-corrected chi connectivity index (χ2v) is 6.51. The molecule has 2 amide bonds. The van der Waals surface area contributed by atoms with E-state index in [1.807, 2.05) is 5.92 Å². The Morgan fingerprint density at radius 1 is 1.23 bits per heavy atom. The van der Waals surface area contributed by atoms with Crippen LogP contribution < -0.4 is 5.32 Å². The number of urea groups is 1. The summed E-state index contributed by atoms with van der Waals surface area (Å²) in [6, 6.07) is 1.70. The van der Waals surface area contributed by atoms with Crippen molar-refractivity contribution in [3.8, 4) is 11.8 Å². The molecule has 1 aromatic carbocycles. The van der Waals surface area contributed by atoms with E-state index in [-0.39, 0.29) is 21.5 Å². The van der Waals surface area contributed by atoms with E-state index in [9.17, 15) is 31.1 Å². The lowest BCUT2D eigenvalue weighted by molar-refractivity contribution is -0.225. The number of hydrogen-bond donors (Lipinski definition) is 1. The summed E-state index contributed by atoms with van der Waals surface area (Å²) < 4.78 is 81.3. The van der Waals surface area contributed by atoms with Crippen LogP contribution >= 0.6 is 11.6 Å². The van der Waals surface area contributed by atoms with Crippen LogP contribution in [0.2, 0.25) is 5.02 Å². The van der Waals surface area contributed by atoms with Crippen molar-refractivity contribution in [1.82, 2.24) is 4.90 Å². The third-order valence-corrected chi connectivity index (χ3v) is 4.28. The lowest BCUT2D eigenvalue weighted by Crippen LogP contribution is -2.63. The summed E-state index contributed by atoms with van der Waals surface area (Å²) in [6.45, 7) is -2.11. The first-order valence-corrected chi connectivity index (χ1v) is 7.87. The number of benzene rings is 1. The standard InChI is InChI=1S/C16H11ClF6N2O/c17-10-3-4-12-11(7-10)14(16(21,22)23,6-5-9-1-2-9)25(13(26)24-12)8-15(18,19)20/h3-4,7,9H,1-2,8H2,(H,24,26). The Balaban J connectivity index is 2.29. The number of nitrogens with zero attached hydrogens (tertiary/aromatic N) is 1. The Morgan fingerprint density at radius 2 is 1.88 bits per heavy atom. The number of alkyl halides is 6. The first-order chi connectivity index (χ1) is 11.9. The maximum atomic E-state index is 14.1. The number of amides is 2. The molecule has 26 heavy (non-hydrogen) atoms. The van der Waals surface area contributed by atoms with Crippen LogP contribution in [0.3, 0.4) is 0 Å². The van der Waals surface area contributed by atoms with Crippen LogP contribution in [0.15, 0.2) is 18.2 Å². The Bertz CT molecular complexity index is 806. The monoisotopic (exact) mass is 396 g/mol. The van der Waals surface area contributed by atoms with E-state index in [1.54, 1.807) is 0 Å². The molecule has 0 radical (unpaired) electrons. The van der Waals surface area contributed by atoms with Crippen LogP contribution in [0.1, 0.15) is 18.4 Å². The number of carbonyl (C=O) groups is 1. The molecule has 3 rings (SSSR count). The van der Waals surface area contributed by atoms with Crippen molar-refractivity contribution in [2.24, 2.45) is 5.92 Å². The zero-order valence-electron chi connectivity index (χ0n) is 12.9. The molecular formula is C16H11ClF6N2O. The van der Waals surface area contributed by atoms with Gasteiger partial charge in [0.2, 0.25) is 5.54 Å². The van der Waals surface area contributed by atoms with Crippen LogP contribution in [0, 0.1) is 17.8 Å². The van der Waals surface area contributed by atoms with Gasteiger partial charge in [-0.05, 0) is 31.0 Å². The van der Waals surface area contributed by atoms with Crippen LogP contribution in [-0.4, -0.2) is 29.8 Å². The van der Waals surface area contributed by atoms with Gasteiger partial charge in [0, 0.05) is 22.2 Å². The van der Waals surface area contributed by atoms with E-state index in [0.717, 1.165) is 12.1 Å². The fourth-order valence-corrected chi connectivity index (χ4v) is 2.89. The number of anilines is 1. The highest BCUT2D eigenvalue weighted by Crippen LogP contribution is 2.50. The van der Waals surface area contributed by atoms with Crippen molar-refractivity contribution in [3.63, 3.8) is 0 Å². The molecule has 1 atom stereocenters. The molecule has 3 nitrogen and oxygen atoms in total. The molecule has 0 aromatic heterocycles. The number of rotatable bonds is 1. The summed E-state index contributed by atoms with van der Waals surface area (Å²) in [4.78, 5) is 11.8. The number of halogens is 7. The Hall–Kier alpha value is -2.08. The maximum Gasteiger partial charge on any atom is 0.427 e.